The summed E-state index contributed by atoms with van der Waals surface area (Å²) in [6.45, 7) is 4.04. The van der Waals surface area contributed by atoms with Crippen molar-refractivity contribution in [2.45, 2.75) is 114 Å². The summed E-state index contributed by atoms with van der Waals surface area (Å²) in [5.41, 5.74) is 0. The summed E-state index contributed by atoms with van der Waals surface area (Å²) < 4.78 is 78.9. The maximum atomic E-state index is 13.9. The van der Waals surface area contributed by atoms with E-state index in [0.29, 0.717) is 12.8 Å². The van der Waals surface area contributed by atoms with Crippen molar-refractivity contribution in [2.24, 2.45) is 0 Å². The van der Waals surface area contributed by atoms with E-state index in [1.54, 1.807) is 0 Å². The van der Waals surface area contributed by atoms with Gasteiger partial charge < -0.3 is 0 Å². The fourth-order valence-electron chi connectivity index (χ4n) is 2.71. The van der Waals surface area contributed by atoms with Gasteiger partial charge in [-0.1, -0.05) is 78.1 Å². The Morgan fingerprint density at radius 1 is 0.560 bits per heavy atom. The average Bonchev–Trinajstić information content (AvgIpc) is 2.53. The summed E-state index contributed by atoms with van der Waals surface area (Å²) in [5.74, 6) is 0. The molecule has 0 bridgehead atoms. The molecule has 0 heterocycles. The molecular weight excluding hydrogens is 356 g/mol. The fraction of sp³-hybridized carbons (Fsp3) is 1.00. The van der Waals surface area contributed by atoms with Gasteiger partial charge in [0.1, 0.15) is 0 Å². The van der Waals surface area contributed by atoms with Crippen molar-refractivity contribution in [3.8, 4) is 0 Å². The van der Waals surface area contributed by atoms with Gasteiger partial charge in [-0.05, 0) is 12.8 Å². The van der Waals surface area contributed by atoms with E-state index < -0.39 is 33.2 Å². The Balaban J connectivity index is 4.40. The molecule has 25 heavy (non-hydrogen) atoms. The molecular formula is C18H34F4O2S. The Bertz CT molecular complexity index is 402. The van der Waals surface area contributed by atoms with Crippen molar-refractivity contribution >= 4 is 9.84 Å². The molecule has 0 aliphatic rings. The van der Waals surface area contributed by atoms with Crippen molar-refractivity contribution in [1.82, 2.24) is 0 Å². The number of halogens is 4. The van der Waals surface area contributed by atoms with Gasteiger partial charge in [-0.2, -0.15) is 17.6 Å². The summed E-state index contributed by atoms with van der Waals surface area (Å²) in [7, 11) is -5.80. The smallest absolute Gasteiger partial charge is 0.216 e. The minimum atomic E-state index is -5.80. The zero-order valence-electron chi connectivity index (χ0n) is 15.6. The maximum Gasteiger partial charge on any atom is 0.351 e. The summed E-state index contributed by atoms with van der Waals surface area (Å²) in [5, 5.41) is -8.72. The molecule has 0 atom stereocenters. The Morgan fingerprint density at radius 2 is 0.840 bits per heavy atom. The molecule has 2 nitrogen and oxygen atoms in total. The second-order valence-electron chi connectivity index (χ2n) is 6.81. The Kier molecular flexibility index (Phi) is 12.0. The van der Waals surface area contributed by atoms with Gasteiger partial charge in [0.2, 0.25) is 0 Å². The van der Waals surface area contributed by atoms with E-state index >= 15 is 0 Å². The average molecular weight is 391 g/mol. The highest BCUT2D eigenvalue weighted by Gasteiger charge is 2.59. The third kappa shape index (κ3) is 8.74. The van der Waals surface area contributed by atoms with Gasteiger partial charge in [-0.15, -0.1) is 0 Å². The van der Waals surface area contributed by atoms with Crippen molar-refractivity contribution in [2.75, 3.05) is 0 Å². The van der Waals surface area contributed by atoms with Crippen LogP contribution >= 0.6 is 0 Å². The quantitative estimate of drug-likeness (QED) is 0.208. The molecule has 0 amide bonds. The first-order chi connectivity index (χ1) is 11.6. The Morgan fingerprint density at radius 3 is 1.16 bits per heavy atom. The Hall–Kier alpha value is -0.330. The van der Waals surface area contributed by atoms with Gasteiger partial charge in [-0.3, -0.25) is 0 Å². The number of hydrogen-bond acceptors (Lipinski definition) is 2. The van der Waals surface area contributed by atoms with E-state index in [1.807, 2.05) is 13.8 Å². The maximum absolute atomic E-state index is 13.9. The third-order valence-corrected chi connectivity index (χ3v) is 6.41. The topological polar surface area (TPSA) is 34.1 Å². The zero-order chi connectivity index (χ0) is 19.4. The molecule has 0 saturated carbocycles. The highest BCUT2D eigenvalue weighted by molar-refractivity contribution is 7.93. The highest BCUT2D eigenvalue weighted by Crippen LogP contribution is 2.41. The molecule has 0 aliphatic carbocycles. The second kappa shape index (κ2) is 12.1. The Labute approximate surface area is 150 Å². The third-order valence-electron chi connectivity index (χ3n) is 4.43. The lowest BCUT2D eigenvalue weighted by molar-refractivity contribution is 0.0324. The van der Waals surface area contributed by atoms with E-state index in [2.05, 4.69) is 0 Å². The van der Waals surface area contributed by atoms with Crippen LogP contribution in [-0.4, -0.2) is 18.9 Å². The number of sulfone groups is 1. The minimum absolute atomic E-state index is 0.0525. The van der Waals surface area contributed by atoms with Gasteiger partial charge in [-0.25, -0.2) is 8.42 Å². The SMILES string of the molecule is CCCCCCCCC(F)(F)S(=O)(=O)C(F)(F)CCCCCCCC. The van der Waals surface area contributed by atoms with Crippen LogP contribution in [0.4, 0.5) is 17.6 Å². The summed E-state index contributed by atoms with van der Waals surface area (Å²) >= 11 is 0. The van der Waals surface area contributed by atoms with E-state index in [0.717, 1.165) is 51.4 Å². The predicted octanol–water partition coefficient (Wildman–Crippen LogP) is 7.09. The zero-order valence-corrected chi connectivity index (χ0v) is 16.5. The van der Waals surface area contributed by atoms with Gasteiger partial charge >= 0.3 is 10.5 Å². The molecule has 0 fully saturated rings. The van der Waals surface area contributed by atoms with E-state index in [9.17, 15) is 26.0 Å². The molecule has 0 aromatic carbocycles. The molecule has 0 N–H and O–H groups in total. The van der Waals surface area contributed by atoms with Gasteiger partial charge in [0.05, 0.1) is 0 Å². The van der Waals surface area contributed by atoms with Crippen LogP contribution in [0.25, 0.3) is 0 Å². The molecule has 7 heteroatoms. The molecule has 0 aliphatic heterocycles. The van der Waals surface area contributed by atoms with Crippen molar-refractivity contribution in [3.05, 3.63) is 0 Å². The van der Waals surface area contributed by atoms with E-state index in [1.165, 1.54) is 0 Å². The van der Waals surface area contributed by atoms with Crippen LogP contribution in [0.1, 0.15) is 104 Å². The summed E-state index contributed by atoms with van der Waals surface area (Å²) in [4.78, 5) is 0. The number of hydrogen-bond donors (Lipinski definition) is 0. The van der Waals surface area contributed by atoms with E-state index in [4.69, 9.17) is 0 Å². The second-order valence-corrected chi connectivity index (χ2v) is 9.02. The normalized spacial score (nSPS) is 13.4. The van der Waals surface area contributed by atoms with Crippen LogP contribution in [0, 0.1) is 0 Å². The predicted molar refractivity (Wildman–Crippen MR) is 94.8 cm³/mol. The molecule has 0 aromatic rings. The van der Waals surface area contributed by atoms with Crippen LogP contribution in [0.5, 0.6) is 0 Å². The van der Waals surface area contributed by atoms with Crippen LogP contribution in [0.3, 0.4) is 0 Å². The first kappa shape index (κ1) is 24.7. The van der Waals surface area contributed by atoms with Crippen LogP contribution in [0.15, 0.2) is 0 Å². The standard InChI is InChI=1S/C18H34F4O2S/c1-3-5-7-9-11-13-15-17(19,20)25(23,24)18(21,22)16-14-12-10-8-6-4-2/h3-16H2,1-2H3. The van der Waals surface area contributed by atoms with Gasteiger partial charge in [0, 0.05) is 12.8 Å². The van der Waals surface area contributed by atoms with Crippen LogP contribution in [-0.2, 0) is 9.84 Å². The molecule has 152 valence electrons. The van der Waals surface area contributed by atoms with Crippen LogP contribution < -0.4 is 0 Å². The molecule has 0 rings (SSSR count). The fourth-order valence-corrected chi connectivity index (χ4v) is 3.97. The lowest BCUT2D eigenvalue weighted by Crippen LogP contribution is -2.42. The van der Waals surface area contributed by atoms with Crippen molar-refractivity contribution < 1.29 is 26.0 Å². The monoisotopic (exact) mass is 390 g/mol. The lowest BCUT2D eigenvalue weighted by atomic mass is 10.1. The lowest BCUT2D eigenvalue weighted by Gasteiger charge is -2.23. The van der Waals surface area contributed by atoms with Crippen molar-refractivity contribution in [3.63, 3.8) is 0 Å². The van der Waals surface area contributed by atoms with Gasteiger partial charge in [0.25, 0.3) is 9.84 Å². The summed E-state index contributed by atoms with van der Waals surface area (Å²) in [6.07, 6.45) is 5.96. The largest absolute Gasteiger partial charge is 0.351 e. The molecule has 0 spiro atoms. The molecule has 0 unspecified atom stereocenters. The summed E-state index contributed by atoms with van der Waals surface area (Å²) in [6, 6.07) is 0. The van der Waals surface area contributed by atoms with Crippen molar-refractivity contribution in [1.29, 1.82) is 0 Å². The van der Waals surface area contributed by atoms with Crippen LogP contribution in [0.2, 0.25) is 0 Å². The molecule has 0 saturated heterocycles. The highest BCUT2D eigenvalue weighted by atomic mass is 32.2. The first-order valence-corrected chi connectivity index (χ1v) is 11.1. The minimum Gasteiger partial charge on any atom is -0.216 e. The first-order valence-electron chi connectivity index (χ1n) is 9.62. The number of alkyl halides is 4. The van der Waals surface area contributed by atoms with Gasteiger partial charge in [0.15, 0.2) is 0 Å². The molecule has 0 aromatic heterocycles. The number of unbranched alkanes of at least 4 members (excludes halogenated alkanes) is 10. The molecule has 0 radical (unpaired) electrons. The van der Waals surface area contributed by atoms with E-state index in [-0.39, 0.29) is 12.8 Å². The number of rotatable bonds is 16.